The van der Waals surface area contributed by atoms with Gasteiger partial charge in [0.2, 0.25) is 0 Å². The number of carbonyl (C=O) groups is 1. The Balaban J connectivity index is 2.67. The minimum Gasteiger partial charge on any atom is -0.466 e. The Kier molecular flexibility index (Phi) is 3.50. The normalized spacial score (nSPS) is 28.6. The van der Waals surface area contributed by atoms with Crippen molar-refractivity contribution >= 4 is 5.97 Å². The second kappa shape index (κ2) is 4.28. The molecule has 0 radical (unpaired) electrons. The molecule has 0 N–H and O–H groups in total. The van der Waals surface area contributed by atoms with Crippen molar-refractivity contribution in [1.82, 2.24) is 0 Å². The van der Waals surface area contributed by atoms with E-state index in [4.69, 9.17) is 14.2 Å². The van der Waals surface area contributed by atoms with E-state index in [2.05, 4.69) is 0 Å². The summed E-state index contributed by atoms with van der Waals surface area (Å²) < 4.78 is 15.5. The van der Waals surface area contributed by atoms with Crippen LogP contribution in [0.1, 0.15) is 20.3 Å². The van der Waals surface area contributed by atoms with Gasteiger partial charge in [-0.15, -0.1) is 0 Å². The number of ether oxygens (including phenoxy) is 3. The Morgan fingerprint density at radius 2 is 1.86 bits per heavy atom. The van der Waals surface area contributed by atoms with Crippen LogP contribution in [0.4, 0.5) is 0 Å². The van der Waals surface area contributed by atoms with Gasteiger partial charge in [-0.1, -0.05) is 6.92 Å². The molecule has 0 heterocycles. The molecule has 0 spiro atoms. The van der Waals surface area contributed by atoms with E-state index in [1.807, 2.05) is 6.92 Å². The largest absolute Gasteiger partial charge is 0.466 e. The van der Waals surface area contributed by atoms with Gasteiger partial charge < -0.3 is 14.2 Å². The zero-order valence-corrected chi connectivity index (χ0v) is 9.20. The fourth-order valence-electron chi connectivity index (χ4n) is 2.13. The lowest BCUT2D eigenvalue weighted by Crippen LogP contribution is -2.23. The summed E-state index contributed by atoms with van der Waals surface area (Å²) in [6.07, 6.45) is 0.852. The van der Waals surface area contributed by atoms with E-state index < -0.39 is 5.79 Å². The van der Waals surface area contributed by atoms with E-state index in [1.54, 1.807) is 21.1 Å². The molecule has 0 aromatic rings. The predicted octanol–water partition coefficient (Wildman–Crippen LogP) is 1.19. The average molecular weight is 202 g/mol. The van der Waals surface area contributed by atoms with Crippen LogP contribution in [0, 0.1) is 11.8 Å². The summed E-state index contributed by atoms with van der Waals surface area (Å²) in [5, 5.41) is 0. The summed E-state index contributed by atoms with van der Waals surface area (Å²) in [4.78, 5) is 11.5. The van der Waals surface area contributed by atoms with Crippen molar-refractivity contribution in [2.75, 3.05) is 20.8 Å². The number of hydrogen-bond acceptors (Lipinski definition) is 4. The van der Waals surface area contributed by atoms with Crippen molar-refractivity contribution in [2.24, 2.45) is 11.8 Å². The molecule has 1 fully saturated rings. The Morgan fingerprint density at radius 3 is 2.14 bits per heavy atom. The first-order valence-electron chi connectivity index (χ1n) is 4.94. The van der Waals surface area contributed by atoms with Gasteiger partial charge in [0.05, 0.1) is 6.61 Å². The molecule has 1 rings (SSSR count). The Hall–Kier alpha value is -0.610. The number of hydrogen-bond donors (Lipinski definition) is 0. The Morgan fingerprint density at radius 1 is 1.29 bits per heavy atom. The second-order valence-electron chi connectivity index (χ2n) is 3.37. The van der Waals surface area contributed by atoms with Gasteiger partial charge in [-0.3, -0.25) is 4.79 Å². The van der Waals surface area contributed by atoms with Crippen LogP contribution in [0.25, 0.3) is 0 Å². The molecule has 0 bridgehead atoms. The smallest absolute Gasteiger partial charge is 0.314 e. The molecule has 14 heavy (non-hydrogen) atoms. The third kappa shape index (κ3) is 1.53. The highest BCUT2D eigenvalue weighted by Gasteiger charge is 2.70. The van der Waals surface area contributed by atoms with Gasteiger partial charge in [-0.05, 0) is 13.3 Å². The van der Waals surface area contributed by atoms with Crippen molar-refractivity contribution in [3.63, 3.8) is 0 Å². The maximum absolute atomic E-state index is 11.5. The first-order chi connectivity index (χ1) is 6.67. The van der Waals surface area contributed by atoms with Crippen molar-refractivity contribution < 1.29 is 19.0 Å². The first-order valence-corrected chi connectivity index (χ1v) is 4.94. The molecule has 4 heteroatoms. The van der Waals surface area contributed by atoms with Crippen molar-refractivity contribution in [3.05, 3.63) is 0 Å². The molecule has 2 atom stereocenters. The molecule has 4 nitrogen and oxygen atoms in total. The average Bonchev–Trinajstić information content (AvgIpc) is 2.86. The van der Waals surface area contributed by atoms with E-state index in [0.29, 0.717) is 6.61 Å². The minimum absolute atomic E-state index is 0.122. The molecular formula is C10H18O4. The van der Waals surface area contributed by atoms with Gasteiger partial charge in [0, 0.05) is 20.1 Å². The van der Waals surface area contributed by atoms with Crippen LogP contribution < -0.4 is 0 Å². The van der Waals surface area contributed by atoms with Crippen LogP contribution in [0.15, 0.2) is 0 Å². The van der Waals surface area contributed by atoms with Gasteiger partial charge in [0.15, 0.2) is 5.79 Å². The fraction of sp³-hybridized carbons (Fsp3) is 0.900. The molecule has 82 valence electrons. The number of carbonyl (C=O) groups excluding carboxylic acids is 1. The van der Waals surface area contributed by atoms with Crippen molar-refractivity contribution in [1.29, 1.82) is 0 Å². The lowest BCUT2D eigenvalue weighted by molar-refractivity contribution is -0.167. The summed E-state index contributed by atoms with van der Waals surface area (Å²) in [6.45, 7) is 4.20. The van der Waals surface area contributed by atoms with E-state index >= 15 is 0 Å². The zero-order valence-electron chi connectivity index (χ0n) is 9.20. The van der Waals surface area contributed by atoms with Crippen LogP contribution in [-0.4, -0.2) is 32.6 Å². The summed E-state index contributed by atoms with van der Waals surface area (Å²) >= 11 is 0. The standard InChI is InChI=1S/C10H18O4/c1-5-7-8(9(11)14-6-2)10(7,12-3)13-4/h7-8H,5-6H2,1-4H3/t7-,8+/m1/s1. The molecule has 0 aromatic carbocycles. The molecule has 1 saturated carbocycles. The molecule has 1 aliphatic carbocycles. The maximum Gasteiger partial charge on any atom is 0.314 e. The highest BCUT2D eigenvalue weighted by atomic mass is 16.7. The fourth-order valence-corrected chi connectivity index (χ4v) is 2.13. The predicted molar refractivity (Wildman–Crippen MR) is 50.7 cm³/mol. The summed E-state index contributed by atoms with van der Waals surface area (Å²) in [5.74, 6) is -1.09. The highest BCUT2D eigenvalue weighted by Crippen LogP contribution is 2.56. The van der Waals surface area contributed by atoms with E-state index in [0.717, 1.165) is 6.42 Å². The molecule has 0 saturated heterocycles. The Labute approximate surface area is 84.5 Å². The van der Waals surface area contributed by atoms with Gasteiger partial charge in [0.25, 0.3) is 0 Å². The zero-order chi connectivity index (χ0) is 10.8. The molecule has 0 unspecified atom stereocenters. The second-order valence-corrected chi connectivity index (χ2v) is 3.37. The quantitative estimate of drug-likeness (QED) is 0.496. The SMILES string of the molecule is CCOC(=O)[C@@H]1[C@@H](CC)C1(OC)OC. The van der Waals surface area contributed by atoms with Gasteiger partial charge in [0.1, 0.15) is 5.92 Å². The van der Waals surface area contributed by atoms with Gasteiger partial charge in [-0.25, -0.2) is 0 Å². The number of esters is 1. The molecule has 1 aliphatic rings. The Bertz CT molecular complexity index is 210. The lowest BCUT2D eigenvalue weighted by Gasteiger charge is -2.13. The molecule has 0 aliphatic heterocycles. The van der Waals surface area contributed by atoms with Crippen LogP contribution in [-0.2, 0) is 19.0 Å². The number of methoxy groups -OCH3 is 2. The van der Waals surface area contributed by atoms with E-state index in [-0.39, 0.29) is 17.8 Å². The number of rotatable bonds is 5. The summed E-state index contributed by atoms with van der Waals surface area (Å²) in [6, 6.07) is 0. The van der Waals surface area contributed by atoms with E-state index in [9.17, 15) is 4.79 Å². The van der Waals surface area contributed by atoms with Gasteiger partial charge >= 0.3 is 5.97 Å². The lowest BCUT2D eigenvalue weighted by atomic mass is 10.2. The molecular weight excluding hydrogens is 184 g/mol. The van der Waals surface area contributed by atoms with Crippen LogP contribution in [0.3, 0.4) is 0 Å². The van der Waals surface area contributed by atoms with Crippen LogP contribution >= 0.6 is 0 Å². The third-order valence-corrected chi connectivity index (χ3v) is 2.86. The molecule has 0 amide bonds. The monoisotopic (exact) mass is 202 g/mol. The topological polar surface area (TPSA) is 44.8 Å². The first kappa shape index (κ1) is 11.5. The van der Waals surface area contributed by atoms with Gasteiger partial charge in [-0.2, -0.15) is 0 Å². The summed E-state index contributed by atoms with van der Waals surface area (Å²) in [7, 11) is 3.12. The van der Waals surface area contributed by atoms with E-state index in [1.165, 1.54) is 0 Å². The summed E-state index contributed by atoms with van der Waals surface area (Å²) in [5.41, 5.74) is 0. The molecule has 0 aromatic heterocycles. The highest BCUT2D eigenvalue weighted by molar-refractivity contribution is 5.78. The van der Waals surface area contributed by atoms with Crippen molar-refractivity contribution in [2.45, 2.75) is 26.1 Å². The van der Waals surface area contributed by atoms with Crippen LogP contribution in [0.5, 0.6) is 0 Å². The van der Waals surface area contributed by atoms with Crippen molar-refractivity contribution in [3.8, 4) is 0 Å². The third-order valence-electron chi connectivity index (χ3n) is 2.86. The minimum atomic E-state index is -0.735. The van der Waals surface area contributed by atoms with Crippen LogP contribution in [0.2, 0.25) is 0 Å². The maximum atomic E-state index is 11.5.